The highest BCUT2D eigenvalue weighted by Crippen LogP contribution is 2.24. The number of benzene rings is 2. The Bertz CT molecular complexity index is 1080. The highest BCUT2D eigenvalue weighted by atomic mass is 32.2. The standard InChI is InChI=1S/C23H26F2N2O5S/c1-2-32-23(29)18-3-5-21(6-4-18)33(30,31)27-11-8-17(9-12-27)22(28)26-10-7-16-13-19(24)15-20(25)14-16/h3-6,13-15,17H,2,7-12H2,1H3,(H,26,28). The molecule has 10 heteroatoms. The van der Waals surface area contributed by atoms with E-state index in [-0.39, 0.29) is 54.9 Å². The fourth-order valence-electron chi connectivity index (χ4n) is 3.71. The van der Waals surface area contributed by atoms with E-state index in [0.29, 0.717) is 18.4 Å². The van der Waals surface area contributed by atoms with E-state index in [9.17, 15) is 26.8 Å². The molecule has 1 heterocycles. The van der Waals surface area contributed by atoms with Crippen molar-refractivity contribution in [3.05, 3.63) is 65.2 Å². The topological polar surface area (TPSA) is 92.8 Å². The third kappa shape index (κ3) is 6.35. The van der Waals surface area contributed by atoms with Crippen molar-refractivity contribution >= 4 is 21.9 Å². The molecule has 0 bridgehead atoms. The van der Waals surface area contributed by atoms with Crippen LogP contribution in [0.3, 0.4) is 0 Å². The van der Waals surface area contributed by atoms with Crippen LogP contribution in [0.4, 0.5) is 8.78 Å². The van der Waals surface area contributed by atoms with Crippen LogP contribution in [-0.4, -0.2) is 50.8 Å². The second kappa shape index (κ2) is 10.8. The molecule has 0 unspecified atom stereocenters. The number of nitrogens with zero attached hydrogens (tertiary/aromatic N) is 1. The quantitative estimate of drug-likeness (QED) is 0.587. The molecular weight excluding hydrogens is 454 g/mol. The Balaban J connectivity index is 1.50. The van der Waals surface area contributed by atoms with E-state index < -0.39 is 27.6 Å². The third-order valence-electron chi connectivity index (χ3n) is 5.46. The number of halogens is 2. The summed E-state index contributed by atoms with van der Waals surface area (Å²) in [6, 6.07) is 8.80. The van der Waals surface area contributed by atoms with E-state index in [0.717, 1.165) is 6.07 Å². The summed E-state index contributed by atoms with van der Waals surface area (Å²) >= 11 is 0. The van der Waals surface area contributed by atoms with Crippen molar-refractivity contribution in [3.63, 3.8) is 0 Å². The van der Waals surface area contributed by atoms with Gasteiger partial charge in [0.25, 0.3) is 0 Å². The number of esters is 1. The Morgan fingerprint density at radius 3 is 2.24 bits per heavy atom. The van der Waals surface area contributed by atoms with Gasteiger partial charge in [0.05, 0.1) is 17.1 Å². The molecule has 0 saturated carbocycles. The number of hydrogen-bond acceptors (Lipinski definition) is 5. The van der Waals surface area contributed by atoms with Crippen molar-refractivity contribution in [1.29, 1.82) is 0 Å². The smallest absolute Gasteiger partial charge is 0.338 e. The molecular formula is C23H26F2N2O5S. The molecule has 2 aromatic carbocycles. The maximum absolute atomic E-state index is 13.2. The summed E-state index contributed by atoms with van der Waals surface area (Å²) in [5.41, 5.74) is 0.717. The van der Waals surface area contributed by atoms with Gasteiger partial charge in [-0.1, -0.05) is 0 Å². The summed E-state index contributed by atoms with van der Waals surface area (Å²) < 4.78 is 58.5. The summed E-state index contributed by atoms with van der Waals surface area (Å²) in [6.45, 7) is 2.52. The van der Waals surface area contributed by atoms with Crippen LogP contribution in [-0.2, 0) is 26.0 Å². The number of sulfonamides is 1. The number of ether oxygens (including phenoxy) is 1. The molecule has 0 atom stereocenters. The van der Waals surface area contributed by atoms with Crippen LogP contribution in [0.2, 0.25) is 0 Å². The first-order valence-electron chi connectivity index (χ1n) is 10.7. The van der Waals surface area contributed by atoms with Crippen LogP contribution in [0.15, 0.2) is 47.4 Å². The molecule has 7 nitrogen and oxygen atoms in total. The maximum atomic E-state index is 13.2. The normalized spacial score (nSPS) is 15.2. The number of carbonyl (C=O) groups excluding carboxylic acids is 2. The predicted octanol–water partition coefficient (Wildman–Crippen LogP) is 2.90. The molecule has 0 spiro atoms. The van der Waals surface area contributed by atoms with Gasteiger partial charge in [0, 0.05) is 31.6 Å². The summed E-state index contributed by atoms with van der Waals surface area (Å²) in [4.78, 5) is 24.2. The van der Waals surface area contributed by atoms with Crippen molar-refractivity contribution in [3.8, 4) is 0 Å². The van der Waals surface area contributed by atoms with Crippen LogP contribution in [0.5, 0.6) is 0 Å². The number of rotatable bonds is 8. The van der Waals surface area contributed by atoms with E-state index >= 15 is 0 Å². The van der Waals surface area contributed by atoms with Gasteiger partial charge in [-0.05, 0) is 68.1 Å². The molecule has 33 heavy (non-hydrogen) atoms. The van der Waals surface area contributed by atoms with Gasteiger partial charge in [0.1, 0.15) is 11.6 Å². The van der Waals surface area contributed by atoms with E-state index in [1.54, 1.807) is 6.92 Å². The number of piperidine rings is 1. The minimum absolute atomic E-state index is 0.0702. The van der Waals surface area contributed by atoms with Gasteiger partial charge >= 0.3 is 5.97 Å². The molecule has 1 aliphatic heterocycles. The Morgan fingerprint density at radius 1 is 1.06 bits per heavy atom. The maximum Gasteiger partial charge on any atom is 0.338 e. The molecule has 178 valence electrons. The summed E-state index contributed by atoms with van der Waals surface area (Å²) in [5, 5.41) is 2.76. The van der Waals surface area contributed by atoms with E-state index in [4.69, 9.17) is 4.74 Å². The minimum Gasteiger partial charge on any atom is -0.462 e. The minimum atomic E-state index is -3.75. The average Bonchev–Trinajstić information content (AvgIpc) is 2.78. The third-order valence-corrected chi connectivity index (χ3v) is 7.38. The summed E-state index contributed by atoms with van der Waals surface area (Å²) in [7, 11) is -3.75. The van der Waals surface area contributed by atoms with Crippen molar-refractivity contribution in [2.45, 2.75) is 31.1 Å². The van der Waals surface area contributed by atoms with E-state index in [2.05, 4.69) is 5.32 Å². The molecule has 2 aromatic rings. The highest BCUT2D eigenvalue weighted by Gasteiger charge is 2.32. The van der Waals surface area contributed by atoms with Gasteiger partial charge in [-0.2, -0.15) is 4.31 Å². The molecule has 0 radical (unpaired) electrons. The summed E-state index contributed by atoms with van der Waals surface area (Å²) in [5.74, 6) is -2.40. The van der Waals surface area contributed by atoms with E-state index in [1.165, 1.54) is 40.7 Å². The lowest BCUT2D eigenvalue weighted by Crippen LogP contribution is -2.43. The first kappa shape index (κ1) is 24.8. The van der Waals surface area contributed by atoms with Gasteiger partial charge in [-0.15, -0.1) is 0 Å². The van der Waals surface area contributed by atoms with Gasteiger partial charge < -0.3 is 10.1 Å². The molecule has 1 fully saturated rings. The van der Waals surface area contributed by atoms with Crippen LogP contribution < -0.4 is 5.32 Å². The van der Waals surface area contributed by atoms with Crippen molar-refractivity contribution in [2.75, 3.05) is 26.2 Å². The fourth-order valence-corrected chi connectivity index (χ4v) is 5.18. The first-order chi connectivity index (χ1) is 15.7. The Hall–Kier alpha value is -2.85. The van der Waals surface area contributed by atoms with Gasteiger partial charge in [0.2, 0.25) is 15.9 Å². The van der Waals surface area contributed by atoms with E-state index in [1.807, 2.05) is 0 Å². The predicted molar refractivity (Wildman–Crippen MR) is 117 cm³/mol. The molecule has 1 saturated heterocycles. The van der Waals surface area contributed by atoms with Gasteiger partial charge in [-0.25, -0.2) is 22.0 Å². The molecule has 0 aliphatic carbocycles. The van der Waals surface area contributed by atoms with Gasteiger partial charge in [-0.3, -0.25) is 4.79 Å². The molecule has 3 rings (SSSR count). The van der Waals surface area contributed by atoms with Crippen LogP contribution in [0.1, 0.15) is 35.7 Å². The second-order valence-electron chi connectivity index (χ2n) is 7.74. The lowest BCUT2D eigenvalue weighted by molar-refractivity contribution is -0.126. The van der Waals surface area contributed by atoms with Gasteiger partial charge in [0.15, 0.2) is 0 Å². The molecule has 1 amide bonds. The zero-order valence-corrected chi connectivity index (χ0v) is 19.0. The Kier molecular flexibility index (Phi) is 8.15. The average molecular weight is 481 g/mol. The van der Waals surface area contributed by atoms with Crippen LogP contribution in [0, 0.1) is 17.6 Å². The largest absolute Gasteiger partial charge is 0.462 e. The van der Waals surface area contributed by atoms with Crippen LogP contribution >= 0.6 is 0 Å². The van der Waals surface area contributed by atoms with Crippen LogP contribution in [0.25, 0.3) is 0 Å². The van der Waals surface area contributed by atoms with Crippen molar-refractivity contribution in [1.82, 2.24) is 9.62 Å². The number of nitrogens with one attached hydrogen (secondary N) is 1. The fraction of sp³-hybridized carbons (Fsp3) is 0.391. The molecule has 1 aliphatic rings. The number of hydrogen-bond donors (Lipinski definition) is 1. The Labute approximate surface area is 191 Å². The van der Waals surface area contributed by atoms with Crippen molar-refractivity contribution < 1.29 is 31.5 Å². The molecule has 1 N–H and O–H groups in total. The lowest BCUT2D eigenvalue weighted by Gasteiger charge is -2.30. The number of amides is 1. The first-order valence-corrected chi connectivity index (χ1v) is 12.1. The second-order valence-corrected chi connectivity index (χ2v) is 9.68. The molecule has 0 aromatic heterocycles. The summed E-state index contributed by atoms with van der Waals surface area (Å²) in [6.07, 6.45) is 1.01. The zero-order valence-electron chi connectivity index (χ0n) is 18.2. The lowest BCUT2D eigenvalue weighted by atomic mass is 9.97. The number of carbonyl (C=O) groups is 2. The monoisotopic (exact) mass is 480 g/mol. The SMILES string of the molecule is CCOC(=O)c1ccc(S(=O)(=O)N2CCC(C(=O)NCCc3cc(F)cc(F)c3)CC2)cc1. The highest BCUT2D eigenvalue weighted by molar-refractivity contribution is 7.89. The zero-order chi connectivity index (χ0) is 24.0. The Morgan fingerprint density at radius 2 is 1.67 bits per heavy atom. The van der Waals surface area contributed by atoms with Crippen molar-refractivity contribution in [2.24, 2.45) is 5.92 Å².